The SMILES string of the molecule is CCCNc1cncc(NC(C)Cc2ccsc2)c1. The van der Waals surface area contributed by atoms with Crippen molar-refractivity contribution in [1.29, 1.82) is 0 Å². The monoisotopic (exact) mass is 275 g/mol. The molecule has 0 aromatic carbocycles. The van der Waals surface area contributed by atoms with Crippen molar-refractivity contribution in [2.75, 3.05) is 17.2 Å². The summed E-state index contributed by atoms with van der Waals surface area (Å²) in [7, 11) is 0. The first kappa shape index (κ1) is 13.9. The number of hydrogen-bond acceptors (Lipinski definition) is 4. The highest BCUT2D eigenvalue weighted by Crippen LogP contribution is 2.16. The number of anilines is 2. The van der Waals surface area contributed by atoms with Gasteiger partial charge >= 0.3 is 0 Å². The predicted octanol–water partition coefficient (Wildman–Crippen LogP) is 4.01. The minimum absolute atomic E-state index is 0.401. The van der Waals surface area contributed by atoms with Crippen molar-refractivity contribution in [3.8, 4) is 0 Å². The molecule has 1 unspecified atom stereocenters. The topological polar surface area (TPSA) is 37.0 Å². The highest BCUT2D eigenvalue weighted by molar-refractivity contribution is 7.07. The molecule has 0 radical (unpaired) electrons. The second-order valence-electron chi connectivity index (χ2n) is 4.77. The van der Waals surface area contributed by atoms with E-state index in [1.165, 1.54) is 5.56 Å². The van der Waals surface area contributed by atoms with Gasteiger partial charge in [-0.3, -0.25) is 4.98 Å². The molecule has 3 nitrogen and oxygen atoms in total. The molecule has 0 aliphatic rings. The number of thiophene rings is 1. The van der Waals surface area contributed by atoms with Crippen LogP contribution in [0, 0.1) is 0 Å². The molecular weight excluding hydrogens is 254 g/mol. The van der Waals surface area contributed by atoms with Crippen LogP contribution in [0.2, 0.25) is 0 Å². The van der Waals surface area contributed by atoms with Crippen LogP contribution in [0.25, 0.3) is 0 Å². The quantitative estimate of drug-likeness (QED) is 0.801. The van der Waals surface area contributed by atoms with Gasteiger partial charge < -0.3 is 10.6 Å². The first-order valence-corrected chi connectivity index (χ1v) is 7.68. The van der Waals surface area contributed by atoms with Gasteiger partial charge in [-0.2, -0.15) is 11.3 Å². The van der Waals surface area contributed by atoms with Gasteiger partial charge in [0.1, 0.15) is 0 Å². The number of rotatable bonds is 7. The third kappa shape index (κ3) is 4.56. The lowest BCUT2D eigenvalue weighted by atomic mass is 10.1. The highest BCUT2D eigenvalue weighted by Gasteiger charge is 2.04. The molecule has 2 N–H and O–H groups in total. The molecule has 0 amide bonds. The number of aromatic nitrogens is 1. The Morgan fingerprint density at radius 3 is 2.89 bits per heavy atom. The van der Waals surface area contributed by atoms with E-state index in [9.17, 15) is 0 Å². The van der Waals surface area contributed by atoms with Crippen LogP contribution >= 0.6 is 11.3 Å². The van der Waals surface area contributed by atoms with Crippen molar-refractivity contribution < 1.29 is 0 Å². The molecule has 2 aromatic heterocycles. The zero-order chi connectivity index (χ0) is 13.5. The fourth-order valence-electron chi connectivity index (χ4n) is 1.98. The van der Waals surface area contributed by atoms with Gasteiger partial charge in [0.25, 0.3) is 0 Å². The molecule has 0 fully saturated rings. The van der Waals surface area contributed by atoms with Crippen molar-refractivity contribution >= 4 is 22.7 Å². The Kier molecular flexibility index (Phi) is 5.21. The standard InChI is InChI=1S/C15H21N3S/c1-3-5-17-14-8-15(10-16-9-14)18-12(2)7-13-4-6-19-11-13/h4,6,8-12,17-18H,3,5,7H2,1-2H3. The average Bonchev–Trinajstić information content (AvgIpc) is 2.89. The average molecular weight is 275 g/mol. The van der Waals surface area contributed by atoms with Gasteiger partial charge in [0.15, 0.2) is 0 Å². The van der Waals surface area contributed by atoms with Crippen LogP contribution in [0.4, 0.5) is 11.4 Å². The summed E-state index contributed by atoms with van der Waals surface area (Å²) in [5.41, 5.74) is 3.54. The zero-order valence-electron chi connectivity index (χ0n) is 11.5. The first-order valence-electron chi connectivity index (χ1n) is 6.74. The third-order valence-electron chi connectivity index (χ3n) is 2.85. The summed E-state index contributed by atoms with van der Waals surface area (Å²) in [4.78, 5) is 4.26. The van der Waals surface area contributed by atoms with Crippen LogP contribution in [-0.2, 0) is 6.42 Å². The molecule has 1 atom stereocenters. The molecule has 0 aliphatic carbocycles. The molecular formula is C15H21N3S. The van der Waals surface area contributed by atoms with Gasteiger partial charge in [-0.05, 0) is 48.2 Å². The molecule has 19 heavy (non-hydrogen) atoms. The molecule has 0 saturated heterocycles. The molecule has 0 saturated carbocycles. The lowest BCUT2D eigenvalue weighted by Crippen LogP contribution is -2.18. The largest absolute Gasteiger partial charge is 0.384 e. The fraction of sp³-hybridized carbons (Fsp3) is 0.400. The predicted molar refractivity (Wildman–Crippen MR) is 84.1 cm³/mol. The lowest BCUT2D eigenvalue weighted by Gasteiger charge is -2.15. The van der Waals surface area contributed by atoms with Crippen LogP contribution < -0.4 is 10.6 Å². The van der Waals surface area contributed by atoms with E-state index in [4.69, 9.17) is 0 Å². The van der Waals surface area contributed by atoms with E-state index in [-0.39, 0.29) is 0 Å². The number of nitrogens with zero attached hydrogens (tertiary/aromatic N) is 1. The third-order valence-corrected chi connectivity index (χ3v) is 3.58. The van der Waals surface area contributed by atoms with Gasteiger partial charge in [-0.25, -0.2) is 0 Å². The maximum Gasteiger partial charge on any atom is 0.0549 e. The van der Waals surface area contributed by atoms with Crippen molar-refractivity contribution in [2.24, 2.45) is 0 Å². The summed E-state index contributed by atoms with van der Waals surface area (Å²) in [6, 6.07) is 4.70. The molecule has 102 valence electrons. The van der Waals surface area contributed by atoms with Crippen LogP contribution in [0.5, 0.6) is 0 Å². The molecule has 2 rings (SSSR count). The van der Waals surface area contributed by atoms with Crippen LogP contribution in [-0.4, -0.2) is 17.6 Å². The van der Waals surface area contributed by atoms with Crippen molar-refractivity contribution in [3.63, 3.8) is 0 Å². The lowest BCUT2D eigenvalue weighted by molar-refractivity contribution is 0.792. The Bertz CT molecular complexity index is 482. The second kappa shape index (κ2) is 7.14. The minimum atomic E-state index is 0.401. The summed E-state index contributed by atoms with van der Waals surface area (Å²) < 4.78 is 0. The fourth-order valence-corrected chi connectivity index (χ4v) is 2.66. The van der Waals surface area contributed by atoms with Gasteiger partial charge in [-0.15, -0.1) is 0 Å². The highest BCUT2D eigenvalue weighted by atomic mass is 32.1. The molecule has 4 heteroatoms. The minimum Gasteiger partial charge on any atom is -0.384 e. The Labute approximate surface area is 119 Å². The van der Waals surface area contributed by atoms with E-state index < -0.39 is 0 Å². The first-order chi connectivity index (χ1) is 9.28. The normalized spacial score (nSPS) is 12.1. The van der Waals surface area contributed by atoms with Crippen molar-refractivity contribution in [3.05, 3.63) is 40.8 Å². The van der Waals surface area contributed by atoms with Crippen molar-refractivity contribution in [1.82, 2.24) is 4.98 Å². The van der Waals surface area contributed by atoms with Crippen LogP contribution in [0.1, 0.15) is 25.8 Å². The second-order valence-corrected chi connectivity index (χ2v) is 5.55. The number of pyridine rings is 1. The van der Waals surface area contributed by atoms with E-state index in [0.717, 1.165) is 30.8 Å². The van der Waals surface area contributed by atoms with Gasteiger partial charge in [0.2, 0.25) is 0 Å². The van der Waals surface area contributed by atoms with E-state index in [1.807, 2.05) is 12.4 Å². The molecule has 0 bridgehead atoms. The zero-order valence-corrected chi connectivity index (χ0v) is 12.3. The molecule has 0 aliphatic heterocycles. The van der Waals surface area contributed by atoms with Gasteiger partial charge in [0.05, 0.1) is 23.8 Å². The molecule has 2 aromatic rings. The maximum atomic E-state index is 4.26. The summed E-state index contributed by atoms with van der Waals surface area (Å²) >= 11 is 1.75. The Balaban J connectivity index is 1.90. The Morgan fingerprint density at radius 2 is 2.16 bits per heavy atom. The van der Waals surface area contributed by atoms with Crippen molar-refractivity contribution in [2.45, 2.75) is 32.7 Å². The Morgan fingerprint density at radius 1 is 1.32 bits per heavy atom. The van der Waals surface area contributed by atoms with Crippen LogP contribution in [0.15, 0.2) is 35.3 Å². The summed E-state index contributed by atoms with van der Waals surface area (Å²) in [5.74, 6) is 0. The number of nitrogens with one attached hydrogen (secondary N) is 2. The van der Waals surface area contributed by atoms with Gasteiger partial charge in [0, 0.05) is 12.6 Å². The number of hydrogen-bond donors (Lipinski definition) is 2. The van der Waals surface area contributed by atoms with E-state index >= 15 is 0 Å². The van der Waals surface area contributed by atoms with E-state index in [1.54, 1.807) is 11.3 Å². The van der Waals surface area contributed by atoms with E-state index in [0.29, 0.717) is 6.04 Å². The summed E-state index contributed by atoms with van der Waals surface area (Å²) in [6.07, 6.45) is 5.90. The summed E-state index contributed by atoms with van der Waals surface area (Å²) in [5, 5.41) is 11.2. The Hall–Kier alpha value is -1.55. The van der Waals surface area contributed by atoms with E-state index in [2.05, 4.69) is 52.4 Å². The van der Waals surface area contributed by atoms with Gasteiger partial charge in [-0.1, -0.05) is 6.92 Å². The molecule has 2 heterocycles. The summed E-state index contributed by atoms with van der Waals surface area (Å²) in [6.45, 7) is 5.34. The maximum absolute atomic E-state index is 4.26. The molecule has 0 spiro atoms. The van der Waals surface area contributed by atoms with Crippen LogP contribution in [0.3, 0.4) is 0 Å². The smallest absolute Gasteiger partial charge is 0.0549 e.